The van der Waals surface area contributed by atoms with Gasteiger partial charge in [-0.25, -0.2) is 4.79 Å². The van der Waals surface area contributed by atoms with Gasteiger partial charge in [-0.15, -0.1) is 0 Å². The van der Waals surface area contributed by atoms with Gasteiger partial charge in [0.25, 0.3) is 0 Å². The van der Waals surface area contributed by atoms with Crippen LogP contribution >= 0.6 is 11.6 Å². The highest BCUT2D eigenvalue weighted by atomic mass is 35.5. The van der Waals surface area contributed by atoms with E-state index in [-0.39, 0.29) is 0 Å². The molecule has 32 heavy (non-hydrogen) atoms. The molecule has 0 aliphatic rings. The summed E-state index contributed by atoms with van der Waals surface area (Å²) in [5.41, 5.74) is 1.56. The number of ether oxygens (including phenoxy) is 1. The summed E-state index contributed by atoms with van der Waals surface area (Å²) in [7, 11) is 0. The second-order valence-corrected chi connectivity index (χ2v) is 8.95. The molecule has 2 aromatic carbocycles. The van der Waals surface area contributed by atoms with Crippen LogP contribution in [0, 0.1) is 11.3 Å². The molecule has 166 valence electrons. The summed E-state index contributed by atoms with van der Waals surface area (Å²) in [6.07, 6.45) is 5.35. The van der Waals surface area contributed by atoms with Crippen molar-refractivity contribution in [3.8, 4) is 6.07 Å². The third-order valence-electron chi connectivity index (χ3n) is 5.22. The number of alkyl carbamates (subject to hydrolysis) is 1. The van der Waals surface area contributed by atoms with E-state index in [4.69, 9.17) is 21.4 Å². The van der Waals surface area contributed by atoms with Gasteiger partial charge in [0.15, 0.2) is 0 Å². The number of allylic oxidation sites excluding steroid dienone is 2. The Labute approximate surface area is 193 Å². The number of fused-ring (bicyclic) bond motifs is 1. The smallest absolute Gasteiger partial charge is 0.407 e. The zero-order valence-corrected chi connectivity index (χ0v) is 19.5. The van der Waals surface area contributed by atoms with Crippen molar-refractivity contribution in [2.45, 2.75) is 51.8 Å². The van der Waals surface area contributed by atoms with Crippen molar-refractivity contribution < 1.29 is 9.53 Å². The van der Waals surface area contributed by atoms with Crippen LogP contribution in [0.1, 0.15) is 45.2 Å². The summed E-state index contributed by atoms with van der Waals surface area (Å²) in [6, 6.07) is 15.6. The zero-order valence-electron chi connectivity index (χ0n) is 18.7. The lowest BCUT2D eigenvalue weighted by molar-refractivity contribution is 0.0524. The van der Waals surface area contributed by atoms with Crippen molar-refractivity contribution in [3.63, 3.8) is 0 Å². The minimum Gasteiger partial charge on any atom is -0.444 e. The fourth-order valence-corrected chi connectivity index (χ4v) is 3.87. The molecule has 1 atom stereocenters. The van der Waals surface area contributed by atoms with Gasteiger partial charge in [0, 0.05) is 23.0 Å². The Hall–Kier alpha value is -3.30. The number of carbonyl (C=O) groups is 1. The number of benzene rings is 2. The average molecular weight is 451 g/mol. The number of halogens is 1. The van der Waals surface area contributed by atoms with Crippen LogP contribution in [0.5, 0.6) is 0 Å². The highest BCUT2D eigenvalue weighted by molar-refractivity contribution is 6.30. The summed E-state index contributed by atoms with van der Waals surface area (Å²) < 4.78 is 7.27. The Morgan fingerprint density at radius 1 is 1.25 bits per heavy atom. The van der Waals surface area contributed by atoms with Gasteiger partial charge >= 0.3 is 6.09 Å². The van der Waals surface area contributed by atoms with Gasteiger partial charge in [0.05, 0.1) is 17.8 Å². The predicted octanol–water partition coefficient (Wildman–Crippen LogP) is 5.95. The molecule has 0 bridgehead atoms. The number of hydrogen-bond donors (Lipinski definition) is 1. The van der Waals surface area contributed by atoms with Gasteiger partial charge in [-0.3, -0.25) is 4.68 Å². The molecule has 1 aromatic heterocycles. The largest absolute Gasteiger partial charge is 0.444 e. The SMILES string of the molecule is CCC(/C=C/C#N)(c1ccc(Cl)cc1)n1ncc2c(CNC(=O)OC(C)(C)C)cccc21. The van der Waals surface area contributed by atoms with Gasteiger partial charge in [0.2, 0.25) is 0 Å². The lowest BCUT2D eigenvalue weighted by Crippen LogP contribution is -2.33. The molecule has 6 nitrogen and oxygen atoms in total. The number of nitrogens with one attached hydrogen (secondary N) is 1. The molecule has 0 spiro atoms. The monoisotopic (exact) mass is 450 g/mol. The second-order valence-electron chi connectivity index (χ2n) is 8.51. The standard InChI is InChI=1S/C25H27ClN4O2/c1-5-25(14-7-15-27,19-10-12-20(26)13-11-19)30-22-9-6-8-18(21(22)17-29-30)16-28-23(31)32-24(2,3)4/h6-14,17H,5,16H2,1-4H3,(H,28,31)/b14-7+. The summed E-state index contributed by atoms with van der Waals surface area (Å²) in [5, 5.41) is 18.3. The summed E-state index contributed by atoms with van der Waals surface area (Å²) >= 11 is 6.11. The maximum atomic E-state index is 12.1. The predicted molar refractivity (Wildman–Crippen MR) is 126 cm³/mol. The van der Waals surface area contributed by atoms with Crippen LogP contribution in [0.4, 0.5) is 4.79 Å². The Morgan fingerprint density at radius 2 is 1.97 bits per heavy atom. The summed E-state index contributed by atoms with van der Waals surface area (Å²) in [5.74, 6) is 0. The van der Waals surface area contributed by atoms with Crippen LogP contribution in [0.3, 0.4) is 0 Å². The Bertz CT molecular complexity index is 1170. The van der Waals surface area contributed by atoms with E-state index in [2.05, 4.69) is 18.3 Å². The van der Waals surface area contributed by atoms with E-state index in [1.54, 1.807) is 6.20 Å². The van der Waals surface area contributed by atoms with Crippen LogP contribution in [-0.4, -0.2) is 21.5 Å². The number of hydrogen-bond acceptors (Lipinski definition) is 4. The summed E-state index contributed by atoms with van der Waals surface area (Å²) in [4.78, 5) is 12.1. The number of nitrogens with zero attached hydrogens (tertiary/aromatic N) is 3. The number of rotatable bonds is 6. The molecule has 0 radical (unpaired) electrons. The minimum absolute atomic E-state index is 0.312. The van der Waals surface area contributed by atoms with E-state index < -0.39 is 17.2 Å². The van der Waals surface area contributed by atoms with Gasteiger partial charge in [-0.05, 0) is 62.6 Å². The molecule has 1 N–H and O–H groups in total. The minimum atomic E-state index is -0.667. The van der Waals surface area contributed by atoms with Crippen molar-refractivity contribution >= 4 is 28.6 Å². The first kappa shape index (κ1) is 23.4. The molecule has 1 unspecified atom stereocenters. The maximum absolute atomic E-state index is 12.1. The fourth-order valence-electron chi connectivity index (χ4n) is 3.74. The van der Waals surface area contributed by atoms with E-state index in [9.17, 15) is 10.1 Å². The molecule has 0 saturated heterocycles. The molecule has 3 aromatic rings. The van der Waals surface area contributed by atoms with Crippen LogP contribution < -0.4 is 5.32 Å². The third kappa shape index (κ3) is 4.95. The van der Waals surface area contributed by atoms with E-state index in [0.29, 0.717) is 18.0 Å². The first-order chi connectivity index (χ1) is 15.2. The first-order valence-corrected chi connectivity index (χ1v) is 10.8. The maximum Gasteiger partial charge on any atom is 0.407 e. The van der Waals surface area contributed by atoms with E-state index in [1.165, 1.54) is 6.08 Å². The van der Waals surface area contributed by atoms with Gasteiger partial charge in [-0.2, -0.15) is 10.4 Å². The fraction of sp³-hybridized carbons (Fsp3) is 0.320. The Morgan fingerprint density at radius 3 is 2.59 bits per heavy atom. The lowest BCUT2D eigenvalue weighted by atomic mass is 9.86. The molecular weight excluding hydrogens is 424 g/mol. The molecule has 0 aliphatic carbocycles. The van der Waals surface area contributed by atoms with E-state index in [0.717, 1.165) is 22.0 Å². The van der Waals surface area contributed by atoms with Crippen LogP contribution in [0.2, 0.25) is 5.02 Å². The second kappa shape index (κ2) is 9.46. The van der Waals surface area contributed by atoms with Crippen LogP contribution in [0.25, 0.3) is 10.9 Å². The number of amides is 1. The molecule has 0 saturated carbocycles. The quantitative estimate of drug-likeness (QED) is 0.470. The molecule has 1 heterocycles. The van der Waals surface area contributed by atoms with Crippen LogP contribution in [0.15, 0.2) is 60.8 Å². The topological polar surface area (TPSA) is 79.9 Å². The average Bonchev–Trinajstić information content (AvgIpc) is 3.18. The normalized spacial score (nSPS) is 13.6. The van der Waals surface area contributed by atoms with Crippen molar-refractivity contribution in [1.29, 1.82) is 5.26 Å². The van der Waals surface area contributed by atoms with Gasteiger partial charge < -0.3 is 10.1 Å². The van der Waals surface area contributed by atoms with Gasteiger partial charge in [0.1, 0.15) is 11.1 Å². The Balaban J connectivity index is 2.04. The highest BCUT2D eigenvalue weighted by Crippen LogP contribution is 2.35. The Kier molecular flexibility index (Phi) is 6.90. The van der Waals surface area contributed by atoms with E-state index in [1.807, 2.05) is 74.0 Å². The van der Waals surface area contributed by atoms with E-state index >= 15 is 0 Å². The molecule has 0 fully saturated rings. The molecule has 1 amide bonds. The van der Waals surface area contributed by atoms with Crippen LogP contribution in [-0.2, 0) is 16.8 Å². The number of carbonyl (C=O) groups excluding carboxylic acids is 1. The molecule has 3 rings (SSSR count). The number of aromatic nitrogens is 2. The van der Waals surface area contributed by atoms with Crippen molar-refractivity contribution in [2.75, 3.05) is 0 Å². The van der Waals surface area contributed by atoms with Crippen molar-refractivity contribution in [2.24, 2.45) is 0 Å². The third-order valence-corrected chi connectivity index (χ3v) is 5.47. The highest BCUT2D eigenvalue weighted by Gasteiger charge is 2.32. The molecule has 7 heteroatoms. The van der Waals surface area contributed by atoms with Crippen molar-refractivity contribution in [1.82, 2.24) is 15.1 Å². The number of nitriles is 1. The van der Waals surface area contributed by atoms with Crippen molar-refractivity contribution in [3.05, 3.63) is 77.0 Å². The van der Waals surface area contributed by atoms with Gasteiger partial charge in [-0.1, -0.05) is 42.8 Å². The lowest BCUT2D eigenvalue weighted by Gasteiger charge is -2.31. The first-order valence-electron chi connectivity index (χ1n) is 10.5. The zero-order chi connectivity index (χ0) is 23.4. The molecule has 0 aliphatic heterocycles. The molecular formula is C25H27ClN4O2. The summed E-state index contributed by atoms with van der Waals surface area (Å²) in [6.45, 7) is 7.84.